The average molecular weight is 296 g/mol. The summed E-state index contributed by atoms with van der Waals surface area (Å²) in [6.07, 6.45) is 4.28. The summed E-state index contributed by atoms with van der Waals surface area (Å²) in [7, 11) is -4.69. The van der Waals surface area contributed by atoms with Crippen LogP contribution in [0.5, 0.6) is 0 Å². The highest BCUT2D eigenvalue weighted by molar-refractivity contribution is 6.04. The fourth-order valence-corrected chi connectivity index (χ4v) is 1.87. The molecule has 0 fully saturated rings. The number of hydrogen-bond acceptors (Lipinski definition) is 6. The van der Waals surface area contributed by atoms with E-state index < -0.39 is 10.2 Å². The van der Waals surface area contributed by atoms with E-state index in [0.717, 1.165) is 22.2 Å². The molecule has 3 rings (SSSR count). The summed E-state index contributed by atoms with van der Waals surface area (Å²) in [4.78, 5) is 16.1. The molecule has 0 amide bonds. The number of allylic oxidation sites excluding steroid dienone is 1. The van der Waals surface area contributed by atoms with E-state index in [1.807, 2.05) is 42.5 Å². The predicted molar refractivity (Wildman–Crippen MR) is 61.9 cm³/mol. The number of para-hydroxylation sites is 1. The van der Waals surface area contributed by atoms with Gasteiger partial charge in [0.2, 0.25) is 0 Å². The molecule has 104 valence electrons. The van der Waals surface area contributed by atoms with E-state index in [0.29, 0.717) is 6.42 Å². The van der Waals surface area contributed by atoms with Gasteiger partial charge in [0.05, 0.1) is 26.1 Å². The van der Waals surface area contributed by atoms with Crippen molar-refractivity contribution in [2.75, 3.05) is 0 Å². The van der Waals surface area contributed by atoms with Gasteiger partial charge in [-0.15, -0.1) is 0 Å². The van der Waals surface area contributed by atoms with E-state index >= 15 is 0 Å². The molecule has 2 aromatic rings. The molecule has 6 nitrogen and oxygen atoms in total. The molecule has 20 heavy (non-hydrogen) atoms. The van der Waals surface area contributed by atoms with Gasteiger partial charge in [-0.1, -0.05) is 24.3 Å². The van der Waals surface area contributed by atoms with Gasteiger partial charge in [0.25, 0.3) is 0 Å². The highest BCUT2D eigenvalue weighted by Crippen LogP contribution is 2.22. The summed E-state index contributed by atoms with van der Waals surface area (Å²) in [6.45, 7) is 0. The summed E-state index contributed by atoms with van der Waals surface area (Å²) in [5.41, 5.74) is 2.48. The Bertz CT molecular complexity index is 672. The van der Waals surface area contributed by atoms with Crippen LogP contribution in [0.25, 0.3) is 17.0 Å². The highest BCUT2D eigenvalue weighted by atomic mass is 35.7. The molecule has 0 spiro atoms. The van der Waals surface area contributed by atoms with Gasteiger partial charge in [-0.2, -0.15) is 14.0 Å². The van der Waals surface area contributed by atoms with Gasteiger partial charge >= 0.3 is 0 Å². The SMILES string of the molecule is O=C1CC=Cc2nc3ccccc3cc21.[O-][Cl+3]([O-])([O-])O. The van der Waals surface area contributed by atoms with Gasteiger partial charge in [-0.3, -0.25) is 4.79 Å². The molecule has 0 unspecified atom stereocenters. The quantitative estimate of drug-likeness (QED) is 0.646. The van der Waals surface area contributed by atoms with Crippen LogP contribution in [-0.4, -0.2) is 15.4 Å². The normalized spacial score (nSPS) is 13.7. The first kappa shape index (κ1) is 14.6. The third kappa shape index (κ3) is 3.83. The van der Waals surface area contributed by atoms with Gasteiger partial charge in [0, 0.05) is 17.4 Å². The minimum atomic E-state index is -4.69. The lowest BCUT2D eigenvalue weighted by molar-refractivity contribution is -1.92. The van der Waals surface area contributed by atoms with E-state index in [-0.39, 0.29) is 5.78 Å². The predicted octanol–water partition coefficient (Wildman–Crippen LogP) is -1.29. The highest BCUT2D eigenvalue weighted by Gasteiger charge is 2.14. The molecule has 1 aliphatic rings. The monoisotopic (exact) mass is 295 g/mol. The summed E-state index contributed by atoms with van der Waals surface area (Å²) >= 11 is 0. The fraction of sp³-hybridized carbons (Fsp3) is 0.0769. The molecule has 0 saturated heterocycles. The van der Waals surface area contributed by atoms with E-state index in [1.165, 1.54) is 0 Å². The van der Waals surface area contributed by atoms with Crippen molar-refractivity contribution in [2.45, 2.75) is 6.42 Å². The summed E-state index contributed by atoms with van der Waals surface area (Å²) in [5.74, 6) is 0.158. The Hall–Kier alpha value is -1.83. The second-order valence-corrected chi connectivity index (χ2v) is 4.83. The lowest BCUT2D eigenvalue weighted by atomic mass is 9.99. The zero-order valence-electron chi connectivity index (χ0n) is 10.2. The topological polar surface area (TPSA) is 119 Å². The molecular weight excluding hydrogens is 286 g/mol. The number of hydrogen-bond donors (Lipinski definition) is 1. The number of pyridine rings is 1. The van der Waals surface area contributed by atoms with Crippen molar-refractivity contribution in [3.8, 4) is 0 Å². The third-order valence-corrected chi connectivity index (χ3v) is 2.63. The Labute approximate surface area is 116 Å². The molecule has 0 bridgehead atoms. The lowest BCUT2D eigenvalue weighted by Gasteiger charge is -2.09. The Morgan fingerprint density at radius 2 is 1.85 bits per heavy atom. The van der Waals surface area contributed by atoms with Crippen LogP contribution in [0.1, 0.15) is 22.5 Å². The smallest absolute Gasteiger partial charge is 0.168 e. The number of Topliss-reactive ketones (excluding diaryl/α,β-unsaturated/α-hetero) is 1. The molecule has 0 aliphatic heterocycles. The van der Waals surface area contributed by atoms with E-state index in [1.54, 1.807) is 0 Å². The standard InChI is InChI=1S/C13H9NO.ClHO4/c15-13-7-3-6-12-10(13)8-9-4-1-2-5-11(9)14-12;2-1(3,4)5/h1-6,8H,7H2;(H,2,3,4,5). The van der Waals surface area contributed by atoms with Crippen molar-refractivity contribution in [1.82, 2.24) is 4.98 Å². The Kier molecular flexibility index (Phi) is 4.12. The molecule has 1 heterocycles. The Morgan fingerprint density at radius 1 is 1.20 bits per heavy atom. The van der Waals surface area contributed by atoms with Gasteiger partial charge in [0.1, 0.15) is 0 Å². The minimum absolute atomic E-state index is 0.158. The van der Waals surface area contributed by atoms with Crippen molar-refractivity contribution in [3.05, 3.63) is 47.7 Å². The zero-order chi connectivity index (χ0) is 14.8. The maximum Gasteiger partial charge on any atom is 0.168 e. The summed E-state index contributed by atoms with van der Waals surface area (Å²) < 4.78 is 32.7. The molecule has 1 aromatic carbocycles. The van der Waals surface area contributed by atoms with Crippen LogP contribution in [0.15, 0.2) is 36.4 Å². The molecule has 1 aliphatic carbocycles. The number of fused-ring (bicyclic) bond motifs is 2. The molecule has 7 heteroatoms. The number of halogens is 1. The van der Waals surface area contributed by atoms with E-state index in [4.69, 9.17) is 18.6 Å². The maximum absolute atomic E-state index is 11.6. The number of aromatic nitrogens is 1. The average Bonchev–Trinajstić information content (AvgIpc) is 2.35. The van der Waals surface area contributed by atoms with Crippen molar-refractivity contribution < 1.29 is 33.7 Å². The number of nitrogens with zero attached hydrogens (tertiary/aromatic N) is 1. The second-order valence-electron chi connectivity index (χ2n) is 4.04. The van der Waals surface area contributed by atoms with Crippen molar-refractivity contribution >= 4 is 22.8 Å². The first-order valence-electron chi connectivity index (χ1n) is 5.57. The Morgan fingerprint density at radius 3 is 2.55 bits per heavy atom. The summed E-state index contributed by atoms with van der Waals surface area (Å²) in [5, 5.41) is 1.03. The van der Waals surface area contributed by atoms with Crippen LogP contribution in [0.3, 0.4) is 0 Å². The molecular formula is C13H10ClNO5. The molecule has 1 N–H and O–H groups in total. The van der Waals surface area contributed by atoms with Crippen LogP contribution >= 0.6 is 0 Å². The van der Waals surface area contributed by atoms with E-state index in [9.17, 15) is 4.79 Å². The zero-order valence-corrected chi connectivity index (χ0v) is 10.9. The van der Waals surface area contributed by atoms with Gasteiger partial charge < -0.3 is 0 Å². The number of carbonyl (C=O) groups excluding carboxylic acids is 1. The van der Waals surface area contributed by atoms with Crippen molar-refractivity contribution in [2.24, 2.45) is 0 Å². The van der Waals surface area contributed by atoms with E-state index in [2.05, 4.69) is 4.98 Å². The van der Waals surface area contributed by atoms with Crippen LogP contribution in [0, 0.1) is 10.2 Å². The first-order valence-corrected chi connectivity index (χ1v) is 6.84. The van der Waals surface area contributed by atoms with Crippen LogP contribution in [0.2, 0.25) is 0 Å². The van der Waals surface area contributed by atoms with Crippen molar-refractivity contribution in [1.29, 1.82) is 0 Å². The lowest BCUT2D eigenvalue weighted by Crippen LogP contribution is -2.58. The number of rotatable bonds is 0. The van der Waals surface area contributed by atoms with Gasteiger partial charge in [-0.05, 0) is 18.2 Å². The minimum Gasteiger partial charge on any atom is -0.294 e. The molecule has 0 radical (unpaired) electrons. The maximum atomic E-state index is 11.6. The number of ketones is 1. The first-order chi connectivity index (χ1) is 9.34. The van der Waals surface area contributed by atoms with Crippen molar-refractivity contribution in [3.63, 3.8) is 0 Å². The van der Waals surface area contributed by atoms with Gasteiger partial charge in [-0.25, -0.2) is 4.98 Å². The summed E-state index contributed by atoms with van der Waals surface area (Å²) in [6, 6.07) is 9.79. The van der Waals surface area contributed by atoms with Crippen LogP contribution < -0.4 is 14.0 Å². The van der Waals surface area contributed by atoms with Crippen LogP contribution in [-0.2, 0) is 0 Å². The van der Waals surface area contributed by atoms with Crippen LogP contribution in [0.4, 0.5) is 0 Å². The molecule has 0 saturated carbocycles. The fourth-order valence-electron chi connectivity index (χ4n) is 1.87. The Balaban J connectivity index is 0.000000257. The number of benzene rings is 1. The largest absolute Gasteiger partial charge is 0.294 e. The molecule has 1 aromatic heterocycles. The van der Waals surface area contributed by atoms with Gasteiger partial charge in [0.15, 0.2) is 5.78 Å². The third-order valence-electron chi connectivity index (χ3n) is 2.63. The number of carbonyl (C=O) groups is 1. The molecule has 0 atom stereocenters. The second kappa shape index (κ2) is 5.66.